The van der Waals surface area contributed by atoms with E-state index in [0.29, 0.717) is 22.6 Å². The number of benzene rings is 2. The number of rotatable bonds is 3. The van der Waals surface area contributed by atoms with Crippen LogP contribution in [-0.4, -0.2) is 11.3 Å². The van der Waals surface area contributed by atoms with Gasteiger partial charge in [0.25, 0.3) is 0 Å². The van der Waals surface area contributed by atoms with E-state index in [4.69, 9.17) is 4.42 Å². The van der Waals surface area contributed by atoms with Gasteiger partial charge in [-0.05, 0) is 42.0 Å². The van der Waals surface area contributed by atoms with Crippen LogP contribution in [0.2, 0.25) is 0 Å². The van der Waals surface area contributed by atoms with E-state index >= 15 is 0 Å². The molecule has 0 saturated heterocycles. The number of oxazole rings is 1. The van der Waals surface area contributed by atoms with Crippen molar-refractivity contribution in [1.82, 2.24) is 4.98 Å². The Bertz CT molecular complexity index is 871. The number of hydrogen-bond acceptors (Lipinski definition) is 3. The number of hydrogen-bond donors (Lipinski definition) is 0. The lowest BCUT2D eigenvalue weighted by Crippen LogP contribution is -2.17. The standard InChI is InChI=1S/C16H9BrF3NO2/c17-11-5-6-14-13(9-11)21-15(22-14)7-4-10-2-1-3-12(8-10)23-16(18,19)20/h1-9H/b7-4+. The van der Waals surface area contributed by atoms with Crippen LogP contribution in [0.3, 0.4) is 0 Å². The van der Waals surface area contributed by atoms with Crippen LogP contribution in [0.1, 0.15) is 11.5 Å². The van der Waals surface area contributed by atoms with Crippen LogP contribution >= 0.6 is 15.9 Å². The van der Waals surface area contributed by atoms with Crippen molar-refractivity contribution in [3.05, 3.63) is 58.4 Å². The van der Waals surface area contributed by atoms with Crippen molar-refractivity contribution in [2.24, 2.45) is 0 Å². The largest absolute Gasteiger partial charge is 0.573 e. The van der Waals surface area contributed by atoms with Crippen molar-refractivity contribution in [2.75, 3.05) is 0 Å². The molecule has 0 atom stereocenters. The molecule has 3 rings (SSSR count). The van der Waals surface area contributed by atoms with E-state index in [-0.39, 0.29) is 5.75 Å². The molecule has 7 heteroatoms. The highest BCUT2D eigenvalue weighted by Gasteiger charge is 2.30. The summed E-state index contributed by atoms with van der Waals surface area (Å²) in [5.74, 6) is 0.0846. The van der Waals surface area contributed by atoms with Gasteiger partial charge in [0.05, 0.1) is 0 Å². The molecule has 0 aliphatic carbocycles. The van der Waals surface area contributed by atoms with Crippen LogP contribution in [0.25, 0.3) is 23.3 Å². The summed E-state index contributed by atoms with van der Waals surface area (Å²) in [5.41, 5.74) is 1.85. The number of nitrogens with zero attached hydrogens (tertiary/aromatic N) is 1. The Balaban J connectivity index is 1.82. The van der Waals surface area contributed by atoms with Crippen LogP contribution in [0.5, 0.6) is 5.75 Å². The van der Waals surface area contributed by atoms with Crippen LogP contribution in [0, 0.1) is 0 Å². The van der Waals surface area contributed by atoms with Gasteiger partial charge in [-0.1, -0.05) is 28.1 Å². The lowest BCUT2D eigenvalue weighted by atomic mass is 10.2. The minimum Gasteiger partial charge on any atom is -0.437 e. The summed E-state index contributed by atoms with van der Waals surface area (Å²) in [6.45, 7) is 0. The lowest BCUT2D eigenvalue weighted by molar-refractivity contribution is -0.274. The van der Waals surface area contributed by atoms with Crippen LogP contribution < -0.4 is 4.74 Å². The highest BCUT2D eigenvalue weighted by atomic mass is 79.9. The molecule has 0 fully saturated rings. The molecule has 0 saturated carbocycles. The van der Waals surface area contributed by atoms with Gasteiger partial charge in [0.2, 0.25) is 5.89 Å². The molecule has 118 valence electrons. The zero-order valence-corrected chi connectivity index (χ0v) is 13.1. The lowest BCUT2D eigenvalue weighted by Gasteiger charge is -2.08. The predicted molar refractivity (Wildman–Crippen MR) is 83.8 cm³/mol. The van der Waals surface area contributed by atoms with Crippen LogP contribution in [0.15, 0.2) is 51.4 Å². The van der Waals surface area contributed by atoms with Crippen molar-refractivity contribution in [2.45, 2.75) is 6.36 Å². The molecule has 0 aliphatic rings. The average molecular weight is 384 g/mol. The van der Waals surface area contributed by atoms with Gasteiger partial charge in [-0.2, -0.15) is 0 Å². The molecule has 0 spiro atoms. The first-order chi connectivity index (χ1) is 10.9. The van der Waals surface area contributed by atoms with Gasteiger partial charge >= 0.3 is 6.36 Å². The van der Waals surface area contributed by atoms with E-state index in [2.05, 4.69) is 25.7 Å². The maximum Gasteiger partial charge on any atom is 0.573 e. The second-order valence-electron chi connectivity index (χ2n) is 4.62. The van der Waals surface area contributed by atoms with Crippen molar-refractivity contribution in [1.29, 1.82) is 0 Å². The molecule has 0 bridgehead atoms. The molecule has 3 nitrogen and oxygen atoms in total. The third-order valence-corrected chi connectivity index (χ3v) is 3.37. The molecule has 2 aromatic carbocycles. The Morgan fingerprint density at radius 1 is 1.09 bits per heavy atom. The van der Waals surface area contributed by atoms with Gasteiger partial charge in [-0.15, -0.1) is 13.2 Å². The number of aromatic nitrogens is 1. The Morgan fingerprint density at radius 3 is 2.70 bits per heavy atom. The summed E-state index contributed by atoms with van der Waals surface area (Å²) >= 11 is 3.34. The second kappa shape index (κ2) is 6.08. The SMILES string of the molecule is FC(F)(F)Oc1cccc(/C=C/c2nc3cc(Br)ccc3o2)c1. The topological polar surface area (TPSA) is 35.3 Å². The summed E-state index contributed by atoms with van der Waals surface area (Å²) in [5, 5.41) is 0. The minimum atomic E-state index is -4.71. The molecule has 0 unspecified atom stereocenters. The van der Waals surface area contributed by atoms with E-state index in [1.165, 1.54) is 18.2 Å². The third kappa shape index (κ3) is 4.13. The fraction of sp³-hybridized carbons (Fsp3) is 0.0625. The van der Waals surface area contributed by atoms with Gasteiger partial charge in [0, 0.05) is 10.5 Å². The van der Waals surface area contributed by atoms with Crippen LogP contribution in [0.4, 0.5) is 13.2 Å². The fourth-order valence-electron chi connectivity index (χ4n) is 1.97. The molecule has 23 heavy (non-hydrogen) atoms. The molecule has 0 amide bonds. The quantitative estimate of drug-likeness (QED) is 0.585. The first kappa shape index (κ1) is 15.6. The fourth-order valence-corrected chi connectivity index (χ4v) is 2.32. The van der Waals surface area contributed by atoms with Crippen molar-refractivity contribution >= 4 is 39.2 Å². The molecule has 0 radical (unpaired) electrons. The van der Waals surface area contributed by atoms with Crippen molar-refractivity contribution < 1.29 is 22.3 Å². The monoisotopic (exact) mass is 383 g/mol. The summed E-state index contributed by atoms with van der Waals surface area (Å²) in [6.07, 6.45) is -1.53. The van der Waals surface area contributed by atoms with Crippen LogP contribution in [-0.2, 0) is 0 Å². The summed E-state index contributed by atoms with van der Waals surface area (Å²) in [4.78, 5) is 4.28. The predicted octanol–water partition coefficient (Wildman–Crippen LogP) is 5.66. The highest BCUT2D eigenvalue weighted by molar-refractivity contribution is 9.10. The Hall–Kier alpha value is -2.28. The zero-order chi connectivity index (χ0) is 16.4. The molecule has 1 heterocycles. The van der Waals surface area contributed by atoms with Gasteiger partial charge in [0.15, 0.2) is 5.58 Å². The number of ether oxygens (including phenoxy) is 1. The van der Waals surface area contributed by atoms with E-state index in [1.807, 2.05) is 12.1 Å². The Labute approximate surface area is 137 Å². The number of halogens is 4. The average Bonchev–Trinajstić information content (AvgIpc) is 2.85. The minimum absolute atomic E-state index is 0.277. The van der Waals surface area contributed by atoms with Gasteiger partial charge in [-0.25, -0.2) is 4.98 Å². The highest BCUT2D eigenvalue weighted by Crippen LogP contribution is 2.25. The number of fused-ring (bicyclic) bond motifs is 1. The molecule has 0 aliphatic heterocycles. The van der Waals surface area contributed by atoms with Gasteiger partial charge in [0.1, 0.15) is 11.3 Å². The first-order valence-corrected chi connectivity index (χ1v) is 7.28. The third-order valence-electron chi connectivity index (χ3n) is 2.88. The maximum absolute atomic E-state index is 12.2. The molecular formula is C16H9BrF3NO2. The number of alkyl halides is 3. The van der Waals surface area contributed by atoms with Gasteiger partial charge in [-0.3, -0.25) is 0 Å². The Kier molecular flexibility index (Phi) is 4.12. The second-order valence-corrected chi connectivity index (χ2v) is 5.53. The Morgan fingerprint density at radius 2 is 1.91 bits per heavy atom. The van der Waals surface area contributed by atoms with E-state index < -0.39 is 6.36 Å². The van der Waals surface area contributed by atoms with E-state index in [1.54, 1.807) is 24.3 Å². The maximum atomic E-state index is 12.2. The van der Waals surface area contributed by atoms with E-state index in [0.717, 1.165) is 4.47 Å². The summed E-state index contributed by atoms with van der Waals surface area (Å²) < 4.78 is 46.9. The normalized spacial score (nSPS) is 12.2. The summed E-state index contributed by atoms with van der Waals surface area (Å²) in [6, 6.07) is 11.1. The molecule has 1 aromatic heterocycles. The van der Waals surface area contributed by atoms with Crippen molar-refractivity contribution in [3.63, 3.8) is 0 Å². The molecular weight excluding hydrogens is 375 g/mol. The molecule has 3 aromatic rings. The van der Waals surface area contributed by atoms with Gasteiger partial charge < -0.3 is 9.15 Å². The summed E-state index contributed by atoms with van der Waals surface area (Å²) in [7, 11) is 0. The zero-order valence-electron chi connectivity index (χ0n) is 11.5. The smallest absolute Gasteiger partial charge is 0.437 e. The first-order valence-electron chi connectivity index (χ1n) is 6.49. The van der Waals surface area contributed by atoms with Crippen molar-refractivity contribution in [3.8, 4) is 5.75 Å². The van der Waals surface area contributed by atoms with E-state index in [9.17, 15) is 13.2 Å². The molecule has 0 N–H and O–H groups in total.